The fourth-order valence-electron chi connectivity index (χ4n) is 8.19. The van der Waals surface area contributed by atoms with E-state index in [1.807, 2.05) is 66.7 Å². The minimum Gasteiger partial charge on any atom is -0.332 e. The third-order valence-electron chi connectivity index (χ3n) is 10.5. The second kappa shape index (κ2) is 11.5. The summed E-state index contributed by atoms with van der Waals surface area (Å²) in [5.41, 5.74) is 11.9. The van der Waals surface area contributed by atoms with Crippen LogP contribution < -0.4 is 4.90 Å². The van der Waals surface area contributed by atoms with E-state index in [0.29, 0.717) is 16.7 Å². The molecule has 2 heterocycles. The molecule has 0 saturated heterocycles. The molecule has 2 unspecified atom stereocenters. The Bertz CT molecular complexity index is 2780. The summed E-state index contributed by atoms with van der Waals surface area (Å²) < 4.78 is 2.22. The maximum Gasteiger partial charge on any atom is 0.101 e. The van der Waals surface area contributed by atoms with Crippen LogP contribution in [0.15, 0.2) is 152 Å². The van der Waals surface area contributed by atoms with Crippen molar-refractivity contribution < 1.29 is 0 Å². The van der Waals surface area contributed by atoms with Gasteiger partial charge >= 0.3 is 0 Å². The highest BCUT2D eigenvalue weighted by Gasteiger charge is 2.47. The zero-order valence-electron chi connectivity index (χ0n) is 27.7. The predicted molar refractivity (Wildman–Crippen MR) is 204 cm³/mol. The summed E-state index contributed by atoms with van der Waals surface area (Å²) in [6.45, 7) is 2.28. The number of hydrogen-bond acceptors (Lipinski definition) is 4. The van der Waals surface area contributed by atoms with Crippen LogP contribution in [0.4, 0.5) is 11.4 Å². The number of benzene rings is 6. The Morgan fingerprint density at radius 3 is 2.14 bits per heavy atom. The molecule has 9 rings (SSSR count). The minimum atomic E-state index is -0.311. The van der Waals surface area contributed by atoms with E-state index in [4.69, 9.17) is 0 Å². The Balaban J connectivity index is 1.28. The minimum absolute atomic E-state index is 0.0715. The Hall–Kier alpha value is -7.13. The largest absolute Gasteiger partial charge is 0.332 e. The quantitative estimate of drug-likeness (QED) is 0.190. The highest BCUT2D eigenvalue weighted by atomic mass is 15.2. The Morgan fingerprint density at radius 1 is 0.608 bits per heavy atom. The predicted octanol–water partition coefficient (Wildman–Crippen LogP) is 10.5. The van der Waals surface area contributed by atoms with E-state index in [9.17, 15) is 15.8 Å². The first kappa shape index (κ1) is 30.0. The zero-order chi connectivity index (χ0) is 34.7. The van der Waals surface area contributed by atoms with Crippen LogP contribution in [-0.2, 0) is 5.41 Å². The number of para-hydroxylation sites is 3. The van der Waals surface area contributed by atoms with Crippen LogP contribution in [0.5, 0.6) is 0 Å². The Kier molecular flexibility index (Phi) is 6.75. The second-order valence-electron chi connectivity index (χ2n) is 13.3. The summed E-state index contributed by atoms with van der Waals surface area (Å²) in [4.78, 5) is 2.33. The molecule has 1 aliphatic carbocycles. The number of anilines is 2. The van der Waals surface area contributed by atoms with Gasteiger partial charge in [-0.15, -0.1) is 0 Å². The molecule has 1 aromatic heterocycles. The van der Waals surface area contributed by atoms with Crippen LogP contribution in [-0.4, -0.2) is 10.6 Å². The summed E-state index contributed by atoms with van der Waals surface area (Å²) in [6, 6.07) is 51.7. The van der Waals surface area contributed by atoms with Crippen molar-refractivity contribution in [1.29, 1.82) is 15.8 Å². The average molecular weight is 652 g/mol. The number of nitriles is 3. The molecule has 5 heteroatoms. The SMILES string of the molecule is CC12C=CC(c3ccccc3-c3cccc4c5cc(C#N)ccc5n(-c5cccc(C#N)c5)c34)=CC1N(c1ccccc1C#N)c1ccccc12. The first-order valence-corrected chi connectivity index (χ1v) is 16.9. The molecule has 51 heavy (non-hydrogen) atoms. The van der Waals surface area contributed by atoms with E-state index in [2.05, 4.69) is 120 Å². The van der Waals surface area contributed by atoms with Crippen LogP contribution in [0.1, 0.15) is 34.7 Å². The van der Waals surface area contributed by atoms with E-state index >= 15 is 0 Å². The zero-order valence-corrected chi connectivity index (χ0v) is 27.7. The summed E-state index contributed by atoms with van der Waals surface area (Å²) in [6.07, 6.45) is 6.93. The lowest BCUT2D eigenvalue weighted by atomic mass is 9.73. The van der Waals surface area contributed by atoms with Gasteiger partial charge in [0.25, 0.3) is 0 Å². The molecule has 0 radical (unpaired) electrons. The van der Waals surface area contributed by atoms with Crippen LogP contribution in [0.2, 0.25) is 0 Å². The molecule has 7 aromatic rings. The number of allylic oxidation sites excluding steroid dienone is 2. The van der Waals surface area contributed by atoms with Crippen LogP contribution in [0.3, 0.4) is 0 Å². The van der Waals surface area contributed by atoms with Crippen molar-refractivity contribution in [1.82, 2.24) is 4.57 Å². The van der Waals surface area contributed by atoms with Crippen LogP contribution in [0, 0.1) is 34.0 Å². The molecule has 6 aromatic carbocycles. The maximum atomic E-state index is 10.1. The fraction of sp³-hybridized carbons (Fsp3) is 0.0652. The van der Waals surface area contributed by atoms with E-state index in [0.717, 1.165) is 61.1 Å². The van der Waals surface area contributed by atoms with Gasteiger partial charge in [-0.3, -0.25) is 0 Å². The number of rotatable bonds is 4. The first-order valence-electron chi connectivity index (χ1n) is 16.9. The second-order valence-corrected chi connectivity index (χ2v) is 13.3. The monoisotopic (exact) mass is 651 g/mol. The van der Waals surface area contributed by atoms with Gasteiger partial charge in [-0.25, -0.2) is 0 Å². The number of nitrogens with zero attached hydrogens (tertiary/aromatic N) is 5. The van der Waals surface area contributed by atoms with E-state index < -0.39 is 0 Å². The standard InChI is InChI=1S/C46H29N5/c1-46-23-22-32(26-44(46)51(43-19-7-5-17-40(43)46)41-18-6-2-11-33(41)29-49)35-13-3-4-14-36(35)37-15-9-16-38-39-25-31(28-48)20-21-42(39)50(45(37)38)34-12-8-10-30(24-34)27-47/h2-26,44H,1H3. The molecule has 0 amide bonds. The molecular formula is C46H29N5. The van der Waals surface area contributed by atoms with E-state index in [1.54, 1.807) is 0 Å². The Labute approximate surface area is 296 Å². The van der Waals surface area contributed by atoms with Crippen molar-refractivity contribution in [3.63, 3.8) is 0 Å². The van der Waals surface area contributed by atoms with Gasteiger partial charge in [0.1, 0.15) is 6.07 Å². The molecular weight excluding hydrogens is 623 g/mol. The van der Waals surface area contributed by atoms with Crippen LogP contribution in [0.25, 0.3) is 44.2 Å². The van der Waals surface area contributed by atoms with Gasteiger partial charge in [-0.2, -0.15) is 15.8 Å². The summed E-state index contributed by atoms with van der Waals surface area (Å²) in [5, 5.41) is 31.8. The van der Waals surface area contributed by atoms with Crippen molar-refractivity contribution in [2.24, 2.45) is 0 Å². The van der Waals surface area contributed by atoms with Crippen molar-refractivity contribution in [3.05, 3.63) is 180 Å². The number of fused-ring (bicyclic) bond motifs is 6. The average Bonchev–Trinajstić information content (AvgIpc) is 3.66. The lowest BCUT2D eigenvalue weighted by Crippen LogP contribution is -2.40. The highest BCUT2D eigenvalue weighted by Crippen LogP contribution is 2.53. The Morgan fingerprint density at radius 2 is 1.31 bits per heavy atom. The molecule has 0 fully saturated rings. The molecule has 5 nitrogen and oxygen atoms in total. The van der Waals surface area contributed by atoms with Gasteiger partial charge in [-0.1, -0.05) is 97.1 Å². The lowest BCUT2D eigenvalue weighted by molar-refractivity contribution is 0.552. The highest BCUT2D eigenvalue weighted by molar-refractivity contribution is 6.14. The van der Waals surface area contributed by atoms with Gasteiger partial charge in [0.2, 0.25) is 0 Å². The first-order chi connectivity index (χ1) is 25.0. The fourth-order valence-corrected chi connectivity index (χ4v) is 8.19. The lowest BCUT2D eigenvalue weighted by Gasteiger charge is -2.36. The van der Waals surface area contributed by atoms with Crippen molar-refractivity contribution in [2.45, 2.75) is 18.4 Å². The third kappa shape index (κ3) is 4.45. The van der Waals surface area contributed by atoms with Gasteiger partial charge in [0.15, 0.2) is 0 Å². The maximum absolute atomic E-state index is 10.1. The molecule has 238 valence electrons. The van der Waals surface area contributed by atoms with Crippen LogP contribution >= 0.6 is 0 Å². The van der Waals surface area contributed by atoms with Gasteiger partial charge in [0.05, 0.1) is 51.6 Å². The molecule has 0 N–H and O–H groups in total. The molecule has 2 atom stereocenters. The van der Waals surface area contributed by atoms with Crippen molar-refractivity contribution in [3.8, 4) is 35.0 Å². The van der Waals surface area contributed by atoms with Gasteiger partial charge in [0, 0.05) is 33.1 Å². The molecule has 1 aliphatic heterocycles. The van der Waals surface area contributed by atoms with E-state index in [1.165, 1.54) is 5.56 Å². The molecule has 2 aliphatic rings. The van der Waals surface area contributed by atoms with E-state index in [-0.39, 0.29) is 11.5 Å². The van der Waals surface area contributed by atoms with Gasteiger partial charge in [-0.05, 0) is 83.8 Å². The normalized spacial score (nSPS) is 17.3. The molecule has 0 bridgehead atoms. The number of aromatic nitrogens is 1. The molecule has 0 saturated carbocycles. The van der Waals surface area contributed by atoms with Gasteiger partial charge < -0.3 is 9.47 Å². The molecule has 0 spiro atoms. The number of hydrogen-bond donors (Lipinski definition) is 0. The summed E-state index contributed by atoms with van der Waals surface area (Å²) >= 11 is 0. The van der Waals surface area contributed by atoms with Crippen molar-refractivity contribution in [2.75, 3.05) is 4.90 Å². The van der Waals surface area contributed by atoms with Crippen molar-refractivity contribution >= 4 is 38.8 Å². The summed E-state index contributed by atoms with van der Waals surface area (Å²) in [7, 11) is 0. The summed E-state index contributed by atoms with van der Waals surface area (Å²) in [5.74, 6) is 0. The topological polar surface area (TPSA) is 79.5 Å². The third-order valence-corrected chi connectivity index (χ3v) is 10.5. The smallest absolute Gasteiger partial charge is 0.101 e.